The van der Waals surface area contributed by atoms with Gasteiger partial charge in [-0.15, -0.1) is 0 Å². The van der Waals surface area contributed by atoms with E-state index in [1.807, 2.05) is 17.8 Å². The van der Waals surface area contributed by atoms with Crippen LogP contribution < -0.4 is 4.74 Å². The van der Waals surface area contributed by atoms with E-state index in [1.165, 1.54) is 0 Å². The molecule has 4 nitrogen and oxygen atoms in total. The molecular weight excluding hydrogens is 272 g/mol. The standard InChI is InChI=1S/C11H11BrN2O2/c1-14-6-10(12)13-11(14)7-16-9-4-2-8(15)3-5-9/h2-6,15H,7H2,1H3. The Bertz CT molecular complexity index is 479. The third-order valence-electron chi connectivity index (χ3n) is 2.15. The van der Waals surface area contributed by atoms with Gasteiger partial charge in [0.25, 0.3) is 0 Å². The summed E-state index contributed by atoms with van der Waals surface area (Å²) in [5.41, 5.74) is 0. The van der Waals surface area contributed by atoms with Gasteiger partial charge in [0.15, 0.2) is 0 Å². The van der Waals surface area contributed by atoms with Crippen molar-refractivity contribution in [1.82, 2.24) is 9.55 Å². The second-order valence-corrected chi connectivity index (χ2v) is 4.19. The molecule has 0 saturated carbocycles. The molecule has 0 atom stereocenters. The van der Waals surface area contributed by atoms with Gasteiger partial charge in [0.2, 0.25) is 0 Å². The molecule has 0 aliphatic rings. The van der Waals surface area contributed by atoms with E-state index in [1.54, 1.807) is 24.3 Å². The van der Waals surface area contributed by atoms with Crippen molar-refractivity contribution < 1.29 is 9.84 Å². The van der Waals surface area contributed by atoms with Crippen LogP contribution in [0.2, 0.25) is 0 Å². The third kappa shape index (κ3) is 2.55. The van der Waals surface area contributed by atoms with Crippen molar-refractivity contribution >= 4 is 15.9 Å². The molecule has 16 heavy (non-hydrogen) atoms. The van der Waals surface area contributed by atoms with Crippen LogP contribution in [0.5, 0.6) is 11.5 Å². The van der Waals surface area contributed by atoms with Crippen molar-refractivity contribution in [3.63, 3.8) is 0 Å². The monoisotopic (exact) mass is 282 g/mol. The summed E-state index contributed by atoms with van der Waals surface area (Å²) in [5, 5.41) is 9.11. The molecule has 1 aromatic heterocycles. The first-order valence-electron chi connectivity index (χ1n) is 4.75. The van der Waals surface area contributed by atoms with Crippen LogP contribution >= 0.6 is 15.9 Å². The Morgan fingerprint density at radius 1 is 1.38 bits per heavy atom. The molecule has 1 aromatic carbocycles. The number of hydrogen-bond donors (Lipinski definition) is 1. The predicted octanol–water partition coefficient (Wildman–Crippen LogP) is 2.47. The van der Waals surface area contributed by atoms with Gasteiger partial charge >= 0.3 is 0 Å². The van der Waals surface area contributed by atoms with Crippen molar-refractivity contribution in [3.8, 4) is 11.5 Å². The Kier molecular flexibility index (Phi) is 3.14. The lowest BCUT2D eigenvalue weighted by Crippen LogP contribution is -2.02. The summed E-state index contributed by atoms with van der Waals surface area (Å²) in [6, 6.07) is 6.61. The maximum Gasteiger partial charge on any atom is 0.147 e. The predicted molar refractivity (Wildman–Crippen MR) is 63.3 cm³/mol. The summed E-state index contributed by atoms with van der Waals surface area (Å²) in [6.07, 6.45) is 1.87. The fourth-order valence-corrected chi connectivity index (χ4v) is 1.80. The Hall–Kier alpha value is -1.49. The van der Waals surface area contributed by atoms with Gasteiger partial charge in [-0.25, -0.2) is 4.98 Å². The Labute approximate surface area is 102 Å². The van der Waals surface area contributed by atoms with Crippen LogP contribution in [0.4, 0.5) is 0 Å². The molecule has 1 N–H and O–H groups in total. The lowest BCUT2D eigenvalue weighted by atomic mass is 10.3. The highest BCUT2D eigenvalue weighted by Crippen LogP contribution is 2.17. The van der Waals surface area contributed by atoms with E-state index in [2.05, 4.69) is 20.9 Å². The van der Waals surface area contributed by atoms with E-state index in [-0.39, 0.29) is 5.75 Å². The number of phenolic OH excluding ortho intramolecular Hbond substituents is 1. The minimum absolute atomic E-state index is 0.229. The summed E-state index contributed by atoms with van der Waals surface area (Å²) in [7, 11) is 1.91. The van der Waals surface area contributed by atoms with Crippen LogP contribution in [0.1, 0.15) is 5.82 Å². The van der Waals surface area contributed by atoms with Gasteiger partial charge in [-0.05, 0) is 40.2 Å². The largest absolute Gasteiger partial charge is 0.508 e. The molecule has 0 unspecified atom stereocenters. The average Bonchev–Trinajstić information content (AvgIpc) is 2.57. The maximum absolute atomic E-state index is 9.11. The van der Waals surface area contributed by atoms with Crippen molar-refractivity contribution in [1.29, 1.82) is 0 Å². The van der Waals surface area contributed by atoms with Crippen molar-refractivity contribution in [2.45, 2.75) is 6.61 Å². The fourth-order valence-electron chi connectivity index (χ4n) is 1.29. The zero-order valence-electron chi connectivity index (χ0n) is 8.72. The lowest BCUT2D eigenvalue weighted by Gasteiger charge is -2.05. The van der Waals surface area contributed by atoms with Gasteiger partial charge in [0.1, 0.15) is 28.5 Å². The number of aromatic nitrogens is 2. The quantitative estimate of drug-likeness (QED) is 0.941. The second-order valence-electron chi connectivity index (χ2n) is 3.37. The fraction of sp³-hybridized carbons (Fsp3) is 0.182. The van der Waals surface area contributed by atoms with Gasteiger partial charge in [0.05, 0.1) is 0 Å². The molecule has 2 aromatic rings. The van der Waals surface area contributed by atoms with Crippen molar-refractivity contribution in [2.24, 2.45) is 7.05 Å². The molecule has 5 heteroatoms. The summed E-state index contributed by atoms with van der Waals surface area (Å²) >= 11 is 3.30. The highest BCUT2D eigenvalue weighted by atomic mass is 79.9. The number of imidazole rings is 1. The number of halogens is 1. The van der Waals surface area contributed by atoms with E-state index < -0.39 is 0 Å². The van der Waals surface area contributed by atoms with Gasteiger partial charge < -0.3 is 14.4 Å². The number of benzene rings is 1. The van der Waals surface area contributed by atoms with Crippen LogP contribution in [0.3, 0.4) is 0 Å². The number of rotatable bonds is 3. The summed E-state index contributed by atoms with van der Waals surface area (Å²) in [4.78, 5) is 4.25. The van der Waals surface area contributed by atoms with Gasteiger partial charge in [-0.3, -0.25) is 0 Å². The Balaban J connectivity index is 2.02. The van der Waals surface area contributed by atoms with Crippen molar-refractivity contribution in [3.05, 3.63) is 40.9 Å². The number of nitrogens with zero attached hydrogens (tertiary/aromatic N) is 2. The van der Waals surface area contributed by atoms with E-state index in [9.17, 15) is 0 Å². The summed E-state index contributed by atoms with van der Waals surface area (Å²) in [5.74, 6) is 1.77. The highest BCUT2D eigenvalue weighted by molar-refractivity contribution is 9.10. The summed E-state index contributed by atoms with van der Waals surface area (Å²) < 4.78 is 8.21. The first-order chi connectivity index (χ1) is 7.65. The molecule has 0 saturated heterocycles. The number of hydrogen-bond acceptors (Lipinski definition) is 3. The first-order valence-corrected chi connectivity index (χ1v) is 5.54. The number of aryl methyl sites for hydroxylation is 1. The van der Waals surface area contributed by atoms with Crippen LogP contribution in [-0.4, -0.2) is 14.7 Å². The molecule has 0 bridgehead atoms. The Morgan fingerprint density at radius 3 is 2.62 bits per heavy atom. The molecule has 0 aliphatic carbocycles. The molecule has 0 aliphatic heterocycles. The second kappa shape index (κ2) is 4.57. The summed E-state index contributed by atoms with van der Waals surface area (Å²) in [6.45, 7) is 0.396. The minimum atomic E-state index is 0.229. The average molecular weight is 283 g/mol. The molecule has 1 heterocycles. The van der Waals surface area contributed by atoms with Gasteiger partial charge in [-0.2, -0.15) is 0 Å². The molecular formula is C11H11BrN2O2. The molecule has 2 rings (SSSR count). The zero-order valence-corrected chi connectivity index (χ0v) is 10.3. The van der Waals surface area contributed by atoms with Crippen LogP contribution in [0, 0.1) is 0 Å². The Morgan fingerprint density at radius 2 is 2.06 bits per heavy atom. The number of ether oxygens (including phenoxy) is 1. The number of phenols is 1. The normalized spacial score (nSPS) is 10.4. The smallest absolute Gasteiger partial charge is 0.147 e. The molecule has 0 spiro atoms. The van der Waals surface area contributed by atoms with E-state index in [0.29, 0.717) is 12.4 Å². The van der Waals surface area contributed by atoms with Crippen LogP contribution in [-0.2, 0) is 13.7 Å². The van der Waals surface area contributed by atoms with E-state index in [0.717, 1.165) is 10.4 Å². The van der Waals surface area contributed by atoms with Gasteiger partial charge in [-0.1, -0.05) is 0 Å². The van der Waals surface area contributed by atoms with Crippen LogP contribution in [0.25, 0.3) is 0 Å². The minimum Gasteiger partial charge on any atom is -0.508 e. The lowest BCUT2D eigenvalue weighted by molar-refractivity contribution is 0.291. The molecule has 0 fully saturated rings. The van der Waals surface area contributed by atoms with E-state index >= 15 is 0 Å². The van der Waals surface area contributed by atoms with Crippen molar-refractivity contribution in [2.75, 3.05) is 0 Å². The highest BCUT2D eigenvalue weighted by Gasteiger charge is 2.03. The topological polar surface area (TPSA) is 47.3 Å². The van der Waals surface area contributed by atoms with E-state index in [4.69, 9.17) is 9.84 Å². The third-order valence-corrected chi connectivity index (χ3v) is 2.53. The number of aromatic hydroxyl groups is 1. The maximum atomic E-state index is 9.11. The first kappa shape index (κ1) is 11.0. The van der Waals surface area contributed by atoms with Gasteiger partial charge in [0, 0.05) is 13.2 Å². The van der Waals surface area contributed by atoms with Crippen LogP contribution in [0.15, 0.2) is 35.1 Å². The molecule has 0 amide bonds. The molecule has 0 radical (unpaired) electrons. The zero-order chi connectivity index (χ0) is 11.5. The molecule has 84 valence electrons. The SMILES string of the molecule is Cn1cc(Br)nc1COc1ccc(O)cc1.